The summed E-state index contributed by atoms with van der Waals surface area (Å²) in [5, 5.41) is 0. The molecule has 0 N–H and O–H groups in total. The SMILES string of the molecule is CC.CN1CCCC(Cc2cncn2C)C1. The zero-order valence-electron chi connectivity index (χ0n) is 11.1. The van der Waals surface area contributed by atoms with Crippen LogP contribution in [0.4, 0.5) is 0 Å². The van der Waals surface area contributed by atoms with E-state index >= 15 is 0 Å². The Morgan fingerprint density at radius 2 is 2.12 bits per heavy atom. The number of hydrogen-bond acceptors (Lipinski definition) is 2. The zero-order valence-corrected chi connectivity index (χ0v) is 11.1. The van der Waals surface area contributed by atoms with Gasteiger partial charge in [-0.05, 0) is 38.8 Å². The van der Waals surface area contributed by atoms with E-state index in [2.05, 4.69) is 28.5 Å². The van der Waals surface area contributed by atoms with Crippen molar-refractivity contribution < 1.29 is 0 Å². The van der Waals surface area contributed by atoms with Gasteiger partial charge < -0.3 is 9.47 Å². The number of aryl methyl sites for hydroxylation is 1. The summed E-state index contributed by atoms with van der Waals surface area (Å²) in [6.45, 7) is 6.51. The van der Waals surface area contributed by atoms with Gasteiger partial charge in [-0.15, -0.1) is 0 Å². The van der Waals surface area contributed by atoms with Gasteiger partial charge in [0.05, 0.1) is 6.33 Å². The summed E-state index contributed by atoms with van der Waals surface area (Å²) in [6.07, 6.45) is 7.78. The van der Waals surface area contributed by atoms with E-state index in [-0.39, 0.29) is 0 Å². The van der Waals surface area contributed by atoms with E-state index in [1.54, 1.807) is 0 Å². The van der Waals surface area contributed by atoms with Crippen molar-refractivity contribution in [3.8, 4) is 0 Å². The molecule has 92 valence electrons. The van der Waals surface area contributed by atoms with Crippen molar-refractivity contribution in [2.24, 2.45) is 13.0 Å². The molecule has 3 heteroatoms. The van der Waals surface area contributed by atoms with Crippen LogP contribution in [0.5, 0.6) is 0 Å². The Morgan fingerprint density at radius 3 is 2.69 bits per heavy atom. The van der Waals surface area contributed by atoms with Crippen LogP contribution in [-0.4, -0.2) is 34.6 Å². The number of hydrogen-bond donors (Lipinski definition) is 0. The molecule has 2 heterocycles. The first-order valence-corrected chi connectivity index (χ1v) is 6.39. The van der Waals surface area contributed by atoms with Crippen LogP contribution in [0.25, 0.3) is 0 Å². The number of rotatable bonds is 2. The molecule has 0 radical (unpaired) electrons. The predicted octanol–water partition coefficient (Wildman–Crippen LogP) is 2.33. The Bertz CT molecular complexity index is 293. The van der Waals surface area contributed by atoms with Crippen LogP contribution >= 0.6 is 0 Å². The minimum Gasteiger partial charge on any atom is -0.338 e. The first-order valence-electron chi connectivity index (χ1n) is 6.39. The highest BCUT2D eigenvalue weighted by Crippen LogP contribution is 2.19. The summed E-state index contributed by atoms with van der Waals surface area (Å²) in [5.41, 5.74) is 1.37. The second-order valence-electron chi connectivity index (χ2n) is 4.47. The normalized spacial score (nSPS) is 21.4. The second kappa shape index (κ2) is 6.69. The molecule has 1 aliphatic rings. The smallest absolute Gasteiger partial charge is 0.0945 e. The highest BCUT2D eigenvalue weighted by Gasteiger charge is 2.18. The van der Waals surface area contributed by atoms with Crippen LogP contribution < -0.4 is 0 Å². The number of aromatic nitrogens is 2. The molecule has 0 aliphatic carbocycles. The molecule has 0 amide bonds. The van der Waals surface area contributed by atoms with E-state index < -0.39 is 0 Å². The van der Waals surface area contributed by atoms with E-state index in [0.717, 1.165) is 5.92 Å². The van der Waals surface area contributed by atoms with E-state index in [1.807, 2.05) is 26.4 Å². The molecule has 1 aliphatic heterocycles. The summed E-state index contributed by atoms with van der Waals surface area (Å²) in [4.78, 5) is 6.59. The summed E-state index contributed by atoms with van der Waals surface area (Å²) in [7, 11) is 4.30. The van der Waals surface area contributed by atoms with Gasteiger partial charge in [-0.25, -0.2) is 4.98 Å². The van der Waals surface area contributed by atoms with Gasteiger partial charge in [0.15, 0.2) is 0 Å². The maximum atomic E-state index is 4.16. The summed E-state index contributed by atoms with van der Waals surface area (Å²) in [5.74, 6) is 0.823. The fourth-order valence-corrected chi connectivity index (χ4v) is 2.32. The minimum atomic E-state index is 0.823. The quantitative estimate of drug-likeness (QED) is 0.767. The first kappa shape index (κ1) is 13.2. The van der Waals surface area contributed by atoms with E-state index in [1.165, 1.54) is 38.0 Å². The summed E-state index contributed by atoms with van der Waals surface area (Å²) < 4.78 is 2.13. The van der Waals surface area contributed by atoms with Crippen LogP contribution in [-0.2, 0) is 13.5 Å². The Kier molecular flexibility index (Phi) is 5.53. The molecule has 1 unspecified atom stereocenters. The zero-order chi connectivity index (χ0) is 12.0. The van der Waals surface area contributed by atoms with Gasteiger partial charge in [0, 0.05) is 25.5 Å². The van der Waals surface area contributed by atoms with Gasteiger partial charge >= 0.3 is 0 Å². The van der Waals surface area contributed by atoms with Gasteiger partial charge in [0.2, 0.25) is 0 Å². The van der Waals surface area contributed by atoms with Crippen LogP contribution in [0.1, 0.15) is 32.4 Å². The average molecular weight is 223 g/mol. The van der Waals surface area contributed by atoms with E-state index in [9.17, 15) is 0 Å². The van der Waals surface area contributed by atoms with Crippen molar-refractivity contribution >= 4 is 0 Å². The van der Waals surface area contributed by atoms with Crippen LogP contribution in [0.3, 0.4) is 0 Å². The van der Waals surface area contributed by atoms with Crippen molar-refractivity contribution in [3.05, 3.63) is 18.2 Å². The lowest BCUT2D eigenvalue weighted by molar-refractivity contribution is 0.208. The first-order chi connectivity index (χ1) is 7.75. The lowest BCUT2D eigenvalue weighted by Gasteiger charge is -2.29. The summed E-state index contributed by atoms with van der Waals surface area (Å²) >= 11 is 0. The molecular formula is C13H25N3. The molecule has 1 aromatic rings. The molecule has 2 rings (SSSR count). The van der Waals surface area contributed by atoms with Crippen molar-refractivity contribution in [3.63, 3.8) is 0 Å². The highest BCUT2D eigenvalue weighted by atomic mass is 15.1. The third-order valence-corrected chi connectivity index (χ3v) is 3.14. The van der Waals surface area contributed by atoms with Crippen molar-refractivity contribution in [1.29, 1.82) is 0 Å². The van der Waals surface area contributed by atoms with Crippen LogP contribution in [0.2, 0.25) is 0 Å². The molecule has 16 heavy (non-hydrogen) atoms. The van der Waals surface area contributed by atoms with Gasteiger partial charge in [0.25, 0.3) is 0 Å². The third kappa shape index (κ3) is 3.63. The minimum absolute atomic E-state index is 0.823. The molecule has 0 saturated carbocycles. The topological polar surface area (TPSA) is 21.1 Å². The Hall–Kier alpha value is -0.830. The highest BCUT2D eigenvalue weighted by molar-refractivity contribution is 4.99. The van der Waals surface area contributed by atoms with E-state index in [0.29, 0.717) is 0 Å². The van der Waals surface area contributed by atoms with Crippen LogP contribution in [0, 0.1) is 5.92 Å². The van der Waals surface area contributed by atoms with Gasteiger partial charge in [-0.1, -0.05) is 13.8 Å². The lowest BCUT2D eigenvalue weighted by atomic mass is 9.94. The van der Waals surface area contributed by atoms with E-state index in [4.69, 9.17) is 0 Å². The number of piperidine rings is 1. The van der Waals surface area contributed by atoms with Crippen molar-refractivity contribution in [2.75, 3.05) is 20.1 Å². The molecule has 1 atom stereocenters. The Balaban J connectivity index is 0.000000606. The fraction of sp³-hybridized carbons (Fsp3) is 0.769. The predicted molar refractivity (Wildman–Crippen MR) is 68.5 cm³/mol. The summed E-state index contributed by atoms with van der Waals surface area (Å²) in [6, 6.07) is 0. The van der Waals surface area contributed by atoms with Crippen molar-refractivity contribution in [1.82, 2.24) is 14.5 Å². The van der Waals surface area contributed by atoms with Gasteiger partial charge in [-0.3, -0.25) is 0 Å². The van der Waals surface area contributed by atoms with Crippen LogP contribution in [0.15, 0.2) is 12.5 Å². The Morgan fingerprint density at radius 1 is 1.38 bits per heavy atom. The average Bonchev–Trinajstić information content (AvgIpc) is 2.68. The molecule has 1 saturated heterocycles. The molecule has 1 aromatic heterocycles. The molecule has 1 fully saturated rings. The molecule has 3 nitrogen and oxygen atoms in total. The standard InChI is InChI=1S/C11H19N3.C2H6/c1-13-5-3-4-10(8-13)6-11-7-12-9-14(11)2;1-2/h7,9-10H,3-6,8H2,1-2H3;1-2H3. The van der Waals surface area contributed by atoms with Crippen molar-refractivity contribution in [2.45, 2.75) is 33.1 Å². The fourth-order valence-electron chi connectivity index (χ4n) is 2.32. The van der Waals surface area contributed by atoms with Gasteiger partial charge in [-0.2, -0.15) is 0 Å². The maximum absolute atomic E-state index is 4.16. The lowest BCUT2D eigenvalue weighted by Crippen LogP contribution is -2.33. The second-order valence-corrected chi connectivity index (χ2v) is 4.47. The number of likely N-dealkylation sites (tertiary alicyclic amines) is 1. The number of imidazole rings is 1. The number of nitrogens with zero attached hydrogens (tertiary/aromatic N) is 3. The monoisotopic (exact) mass is 223 g/mol. The Labute approximate surface area is 99.5 Å². The molecule has 0 aromatic carbocycles. The maximum Gasteiger partial charge on any atom is 0.0945 e. The molecule has 0 bridgehead atoms. The molecule has 0 spiro atoms. The molecular weight excluding hydrogens is 198 g/mol. The third-order valence-electron chi connectivity index (χ3n) is 3.14. The van der Waals surface area contributed by atoms with Gasteiger partial charge in [0.1, 0.15) is 0 Å². The largest absolute Gasteiger partial charge is 0.338 e.